The first-order valence-electron chi connectivity index (χ1n) is 12.4. The lowest BCUT2D eigenvalue weighted by Crippen LogP contribution is -2.54. The molecule has 2 aliphatic rings. The van der Waals surface area contributed by atoms with Crippen molar-refractivity contribution in [3.05, 3.63) is 54.1 Å². The number of hydroxylamine groups is 1. The number of ether oxygens (including phenoxy) is 2. The minimum atomic E-state index is -4.10. The summed E-state index contributed by atoms with van der Waals surface area (Å²) in [5.74, 6) is -0.541. The predicted molar refractivity (Wildman–Crippen MR) is 137 cm³/mol. The third kappa shape index (κ3) is 5.38. The van der Waals surface area contributed by atoms with Gasteiger partial charge in [0.1, 0.15) is 5.75 Å². The molecule has 2 heterocycles. The van der Waals surface area contributed by atoms with E-state index in [1.54, 1.807) is 34.1 Å². The van der Waals surface area contributed by atoms with E-state index >= 15 is 0 Å². The van der Waals surface area contributed by atoms with Crippen LogP contribution in [0.3, 0.4) is 0 Å². The quantitative estimate of drug-likeness (QED) is 0.201. The molecule has 0 bridgehead atoms. The first kappa shape index (κ1) is 27.6. The Hall–Kier alpha value is -3.48. The van der Waals surface area contributed by atoms with Crippen molar-refractivity contribution in [1.29, 1.82) is 0 Å². The molecule has 2 saturated heterocycles. The van der Waals surface area contributed by atoms with E-state index in [-0.39, 0.29) is 42.8 Å². The van der Waals surface area contributed by atoms with Gasteiger partial charge in [0.05, 0.1) is 11.5 Å². The van der Waals surface area contributed by atoms with Gasteiger partial charge >= 0.3 is 6.03 Å². The predicted octanol–water partition coefficient (Wildman–Crippen LogP) is 2.43. The molecule has 4 rings (SSSR count). The number of sulfone groups is 1. The SMILES string of the molecule is CC(=O)c1ccc(N2CCN(CCCOc3ccc(S(=O)(=O)C4(C(=O)NO)CCOCC4)cc3)C2=O)cc1. The lowest BCUT2D eigenvalue weighted by Gasteiger charge is -2.34. The van der Waals surface area contributed by atoms with Crippen LogP contribution in [0, 0.1) is 0 Å². The Morgan fingerprint density at radius 2 is 1.71 bits per heavy atom. The van der Waals surface area contributed by atoms with Crippen molar-refractivity contribution in [2.24, 2.45) is 0 Å². The first-order valence-corrected chi connectivity index (χ1v) is 13.9. The van der Waals surface area contributed by atoms with Crippen LogP contribution in [0.1, 0.15) is 36.5 Å². The van der Waals surface area contributed by atoms with Gasteiger partial charge < -0.3 is 14.4 Å². The summed E-state index contributed by atoms with van der Waals surface area (Å²) in [5, 5.41) is 9.16. The molecule has 2 aromatic rings. The second-order valence-electron chi connectivity index (χ2n) is 9.25. The molecule has 0 spiro atoms. The molecule has 38 heavy (non-hydrogen) atoms. The van der Waals surface area contributed by atoms with Gasteiger partial charge in [0.25, 0.3) is 5.91 Å². The maximum atomic E-state index is 13.3. The first-order chi connectivity index (χ1) is 18.2. The third-order valence-electron chi connectivity index (χ3n) is 6.99. The number of nitrogens with one attached hydrogen (secondary N) is 1. The van der Waals surface area contributed by atoms with Crippen LogP contribution in [-0.2, 0) is 19.4 Å². The lowest BCUT2D eigenvalue weighted by molar-refractivity contribution is -0.134. The van der Waals surface area contributed by atoms with Crippen LogP contribution in [0.15, 0.2) is 53.4 Å². The van der Waals surface area contributed by atoms with Crippen LogP contribution in [0.25, 0.3) is 0 Å². The summed E-state index contributed by atoms with van der Waals surface area (Å²) in [7, 11) is -4.10. The topological polar surface area (TPSA) is 143 Å². The van der Waals surface area contributed by atoms with Crippen molar-refractivity contribution >= 4 is 33.2 Å². The summed E-state index contributed by atoms with van der Waals surface area (Å²) < 4.78 is 35.8. The van der Waals surface area contributed by atoms with E-state index < -0.39 is 20.5 Å². The highest BCUT2D eigenvalue weighted by Crippen LogP contribution is 2.35. The summed E-state index contributed by atoms with van der Waals surface area (Å²) in [4.78, 5) is 40.0. The number of anilines is 1. The monoisotopic (exact) mass is 545 g/mol. The van der Waals surface area contributed by atoms with Crippen molar-refractivity contribution in [2.45, 2.75) is 35.8 Å². The van der Waals surface area contributed by atoms with E-state index in [0.717, 1.165) is 5.69 Å². The van der Waals surface area contributed by atoms with E-state index in [2.05, 4.69) is 0 Å². The van der Waals surface area contributed by atoms with Crippen molar-refractivity contribution in [3.8, 4) is 5.75 Å². The number of hydrogen-bond acceptors (Lipinski definition) is 8. The van der Waals surface area contributed by atoms with Crippen molar-refractivity contribution in [2.75, 3.05) is 44.4 Å². The van der Waals surface area contributed by atoms with Crippen molar-refractivity contribution < 1.29 is 37.5 Å². The maximum Gasteiger partial charge on any atom is 0.324 e. The number of hydrogen-bond donors (Lipinski definition) is 2. The molecule has 204 valence electrons. The van der Waals surface area contributed by atoms with Crippen LogP contribution in [0.4, 0.5) is 10.5 Å². The van der Waals surface area contributed by atoms with E-state index in [0.29, 0.717) is 44.0 Å². The number of ketones is 1. The van der Waals surface area contributed by atoms with E-state index in [9.17, 15) is 22.8 Å². The minimum Gasteiger partial charge on any atom is -0.494 e. The molecule has 0 radical (unpaired) electrons. The van der Waals surface area contributed by atoms with E-state index in [4.69, 9.17) is 14.7 Å². The number of amides is 3. The molecule has 2 N–H and O–H groups in total. The Balaban J connectivity index is 1.30. The zero-order valence-corrected chi connectivity index (χ0v) is 21.9. The number of carbonyl (C=O) groups excluding carboxylic acids is 3. The molecule has 2 aliphatic heterocycles. The second kappa shape index (κ2) is 11.5. The Morgan fingerprint density at radius 3 is 2.32 bits per heavy atom. The van der Waals surface area contributed by atoms with Gasteiger partial charge in [-0.15, -0.1) is 0 Å². The smallest absolute Gasteiger partial charge is 0.324 e. The number of rotatable bonds is 10. The third-order valence-corrected chi connectivity index (χ3v) is 9.50. The van der Waals surface area contributed by atoms with Gasteiger partial charge in [0.2, 0.25) is 0 Å². The highest BCUT2D eigenvalue weighted by atomic mass is 32.2. The Labute approximate surface area is 221 Å². The van der Waals surface area contributed by atoms with Crippen molar-refractivity contribution in [1.82, 2.24) is 10.4 Å². The van der Waals surface area contributed by atoms with Gasteiger partial charge in [0, 0.05) is 44.1 Å². The lowest BCUT2D eigenvalue weighted by atomic mass is 9.98. The fourth-order valence-corrected chi connectivity index (χ4v) is 6.65. The van der Waals surface area contributed by atoms with Crippen LogP contribution in [0.2, 0.25) is 0 Å². The standard InChI is InChI=1S/C26H31N3O8S/c1-19(30)20-3-5-21(6-4-20)29-15-14-28(25(29)32)13-2-16-37-22-7-9-23(10-8-22)38(34,35)26(24(31)27-33)11-17-36-18-12-26/h3-10,33H,2,11-18H2,1H3,(H,27,31). The fraction of sp³-hybridized carbons (Fsp3) is 0.423. The summed E-state index contributed by atoms with van der Waals surface area (Å²) in [6.45, 7) is 3.63. The zero-order chi connectivity index (χ0) is 27.3. The zero-order valence-electron chi connectivity index (χ0n) is 21.1. The average Bonchev–Trinajstić information content (AvgIpc) is 3.31. The van der Waals surface area contributed by atoms with Crippen LogP contribution >= 0.6 is 0 Å². The second-order valence-corrected chi connectivity index (χ2v) is 11.5. The van der Waals surface area contributed by atoms with Gasteiger partial charge in [-0.2, -0.15) is 0 Å². The fourth-order valence-electron chi connectivity index (χ4n) is 4.71. The van der Waals surface area contributed by atoms with Crippen LogP contribution in [-0.4, -0.2) is 80.4 Å². The van der Waals surface area contributed by atoms with Gasteiger partial charge in [-0.1, -0.05) is 0 Å². The normalized spacial score (nSPS) is 17.4. The maximum absolute atomic E-state index is 13.3. The molecule has 2 aromatic carbocycles. The number of nitrogens with zero attached hydrogens (tertiary/aromatic N) is 2. The largest absolute Gasteiger partial charge is 0.494 e. The highest BCUT2D eigenvalue weighted by Gasteiger charge is 2.52. The Morgan fingerprint density at radius 1 is 1.05 bits per heavy atom. The number of benzene rings is 2. The summed E-state index contributed by atoms with van der Waals surface area (Å²) in [5.41, 5.74) is 2.84. The molecule has 0 aromatic heterocycles. The molecule has 0 aliphatic carbocycles. The summed E-state index contributed by atoms with van der Waals surface area (Å²) >= 11 is 0. The molecule has 0 saturated carbocycles. The number of Topliss-reactive ketones (excluding diaryl/α,β-unsaturated/α-hetero) is 1. The molecule has 12 heteroatoms. The van der Waals surface area contributed by atoms with Crippen molar-refractivity contribution in [3.63, 3.8) is 0 Å². The highest BCUT2D eigenvalue weighted by molar-refractivity contribution is 7.93. The van der Waals surface area contributed by atoms with E-state index in [1.165, 1.54) is 36.7 Å². The minimum absolute atomic E-state index is 0.0282. The molecular weight excluding hydrogens is 514 g/mol. The average molecular weight is 546 g/mol. The number of urea groups is 1. The van der Waals surface area contributed by atoms with Gasteiger partial charge in [-0.05, 0) is 74.7 Å². The van der Waals surface area contributed by atoms with Crippen LogP contribution < -0.4 is 15.1 Å². The molecule has 3 amide bonds. The number of carbonyl (C=O) groups is 3. The van der Waals surface area contributed by atoms with Gasteiger partial charge in [0.15, 0.2) is 20.4 Å². The van der Waals surface area contributed by atoms with E-state index in [1.807, 2.05) is 0 Å². The van der Waals surface area contributed by atoms with Gasteiger partial charge in [-0.3, -0.25) is 19.7 Å². The van der Waals surface area contributed by atoms with Crippen LogP contribution in [0.5, 0.6) is 5.75 Å². The molecule has 0 atom stereocenters. The Kier molecular flexibility index (Phi) is 8.34. The molecular formula is C26H31N3O8S. The molecule has 2 fully saturated rings. The van der Waals surface area contributed by atoms with Gasteiger partial charge in [-0.25, -0.2) is 18.7 Å². The molecule has 0 unspecified atom stereocenters. The molecule has 11 nitrogen and oxygen atoms in total. The Bertz CT molecular complexity index is 1270. The summed E-state index contributed by atoms with van der Waals surface area (Å²) in [6.07, 6.45) is 0.454. The summed E-state index contributed by atoms with van der Waals surface area (Å²) in [6, 6.07) is 12.7.